The molecule has 0 spiro atoms. The summed E-state index contributed by atoms with van der Waals surface area (Å²) in [5, 5.41) is 12.1. The molecule has 1 atom stereocenters. The van der Waals surface area contributed by atoms with Crippen molar-refractivity contribution in [1.82, 2.24) is 5.32 Å². The van der Waals surface area contributed by atoms with E-state index >= 15 is 0 Å². The summed E-state index contributed by atoms with van der Waals surface area (Å²) in [6.07, 6.45) is -0.673. The van der Waals surface area contributed by atoms with E-state index in [1.807, 2.05) is 0 Å². The van der Waals surface area contributed by atoms with Gasteiger partial charge in [0.05, 0.1) is 5.02 Å². The first-order valence-electron chi connectivity index (χ1n) is 4.54. The molecule has 5 heteroatoms. The van der Waals surface area contributed by atoms with Gasteiger partial charge in [-0.15, -0.1) is 0 Å². The molecule has 0 aliphatic carbocycles. The van der Waals surface area contributed by atoms with Crippen molar-refractivity contribution in [3.05, 3.63) is 29.0 Å². The number of rotatable bonds is 5. The summed E-state index contributed by atoms with van der Waals surface area (Å²) in [5.41, 5.74) is 0. The third kappa shape index (κ3) is 3.66. The van der Waals surface area contributed by atoms with E-state index in [1.165, 1.54) is 12.1 Å². The normalized spacial score (nSPS) is 12.5. The van der Waals surface area contributed by atoms with Crippen LogP contribution in [0.4, 0.5) is 4.39 Å². The van der Waals surface area contributed by atoms with Gasteiger partial charge in [-0.05, 0) is 19.2 Å². The lowest BCUT2D eigenvalue weighted by Crippen LogP contribution is -2.29. The van der Waals surface area contributed by atoms with Crippen LogP contribution in [0.25, 0.3) is 0 Å². The van der Waals surface area contributed by atoms with Gasteiger partial charge in [-0.1, -0.05) is 17.7 Å². The average molecular weight is 234 g/mol. The zero-order valence-electron chi connectivity index (χ0n) is 8.34. The van der Waals surface area contributed by atoms with Gasteiger partial charge in [-0.25, -0.2) is 4.39 Å². The SMILES string of the molecule is CNCC(O)COc1cccc(Cl)c1F. The molecule has 2 N–H and O–H groups in total. The molecule has 0 radical (unpaired) electrons. The van der Waals surface area contributed by atoms with Crippen LogP contribution in [-0.2, 0) is 0 Å². The predicted molar refractivity (Wildman–Crippen MR) is 56.8 cm³/mol. The molecule has 0 aliphatic heterocycles. The van der Waals surface area contributed by atoms with Crippen molar-refractivity contribution < 1.29 is 14.2 Å². The van der Waals surface area contributed by atoms with Gasteiger partial charge in [0, 0.05) is 6.54 Å². The molecule has 0 amide bonds. The highest BCUT2D eigenvalue weighted by Crippen LogP contribution is 2.23. The molecular formula is C10H13ClFNO2. The Labute approximate surface area is 92.8 Å². The second-order valence-corrected chi connectivity index (χ2v) is 3.48. The van der Waals surface area contributed by atoms with Gasteiger partial charge < -0.3 is 15.2 Å². The molecule has 1 unspecified atom stereocenters. The number of benzene rings is 1. The summed E-state index contributed by atoms with van der Waals surface area (Å²) >= 11 is 5.56. The molecule has 84 valence electrons. The first kappa shape index (κ1) is 12.2. The average Bonchev–Trinajstić information content (AvgIpc) is 2.21. The smallest absolute Gasteiger partial charge is 0.183 e. The number of aliphatic hydroxyl groups excluding tert-OH is 1. The number of ether oxygens (including phenoxy) is 1. The Balaban J connectivity index is 2.54. The Bertz CT molecular complexity index is 322. The van der Waals surface area contributed by atoms with E-state index in [0.717, 1.165) is 0 Å². The van der Waals surface area contributed by atoms with Gasteiger partial charge in [0.1, 0.15) is 12.7 Å². The highest BCUT2D eigenvalue weighted by Gasteiger charge is 2.09. The quantitative estimate of drug-likeness (QED) is 0.809. The lowest BCUT2D eigenvalue weighted by molar-refractivity contribution is 0.106. The molecule has 15 heavy (non-hydrogen) atoms. The van der Waals surface area contributed by atoms with Crippen molar-refractivity contribution >= 4 is 11.6 Å². The van der Waals surface area contributed by atoms with E-state index in [0.29, 0.717) is 6.54 Å². The molecule has 0 saturated heterocycles. The molecule has 0 saturated carbocycles. The minimum atomic E-state index is -0.673. The van der Waals surface area contributed by atoms with Crippen LogP contribution in [0.15, 0.2) is 18.2 Å². The maximum atomic E-state index is 13.3. The summed E-state index contributed by atoms with van der Waals surface area (Å²) in [6.45, 7) is 0.417. The third-order valence-electron chi connectivity index (χ3n) is 1.79. The zero-order valence-corrected chi connectivity index (χ0v) is 9.09. The topological polar surface area (TPSA) is 41.5 Å². The number of hydrogen-bond acceptors (Lipinski definition) is 3. The molecule has 0 aromatic heterocycles. The maximum Gasteiger partial charge on any atom is 0.183 e. The van der Waals surface area contributed by atoms with E-state index in [4.69, 9.17) is 16.3 Å². The number of halogens is 2. The van der Waals surface area contributed by atoms with E-state index in [-0.39, 0.29) is 17.4 Å². The Hall–Kier alpha value is -0.840. The lowest BCUT2D eigenvalue weighted by atomic mass is 10.3. The minimum absolute atomic E-state index is 0.00982. The molecule has 0 heterocycles. The molecule has 0 fully saturated rings. The summed E-state index contributed by atoms with van der Waals surface area (Å²) in [7, 11) is 1.71. The van der Waals surface area contributed by atoms with E-state index in [1.54, 1.807) is 13.1 Å². The van der Waals surface area contributed by atoms with Gasteiger partial charge in [-0.3, -0.25) is 0 Å². The highest BCUT2D eigenvalue weighted by atomic mass is 35.5. The Morgan fingerprint density at radius 3 is 3.00 bits per heavy atom. The van der Waals surface area contributed by atoms with Gasteiger partial charge in [0.15, 0.2) is 11.6 Å². The fourth-order valence-electron chi connectivity index (χ4n) is 1.08. The largest absolute Gasteiger partial charge is 0.488 e. The number of nitrogens with one attached hydrogen (secondary N) is 1. The second-order valence-electron chi connectivity index (χ2n) is 3.07. The van der Waals surface area contributed by atoms with Crippen LogP contribution in [0, 0.1) is 5.82 Å². The molecule has 1 rings (SSSR count). The number of likely N-dealkylation sites (N-methyl/N-ethyl adjacent to an activating group) is 1. The van der Waals surface area contributed by atoms with E-state index in [2.05, 4.69) is 5.32 Å². The van der Waals surface area contributed by atoms with Crippen LogP contribution >= 0.6 is 11.6 Å². The van der Waals surface area contributed by atoms with Crippen molar-refractivity contribution in [1.29, 1.82) is 0 Å². The van der Waals surface area contributed by atoms with E-state index in [9.17, 15) is 9.50 Å². The summed E-state index contributed by atoms with van der Waals surface area (Å²) < 4.78 is 18.4. The van der Waals surface area contributed by atoms with Gasteiger partial charge in [-0.2, -0.15) is 0 Å². The number of hydrogen-bond donors (Lipinski definition) is 2. The maximum absolute atomic E-state index is 13.3. The Kier molecular flexibility index (Phi) is 4.81. The van der Waals surface area contributed by atoms with Crippen molar-refractivity contribution in [3.63, 3.8) is 0 Å². The first-order valence-corrected chi connectivity index (χ1v) is 4.92. The molecular weight excluding hydrogens is 221 g/mol. The molecule has 1 aromatic carbocycles. The fraction of sp³-hybridized carbons (Fsp3) is 0.400. The molecule has 1 aromatic rings. The second kappa shape index (κ2) is 5.90. The third-order valence-corrected chi connectivity index (χ3v) is 2.08. The molecule has 3 nitrogen and oxygen atoms in total. The Morgan fingerprint density at radius 1 is 1.60 bits per heavy atom. The minimum Gasteiger partial charge on any atom is -0.488 e. The van der Waals surface area contributed by atoms with Crippen molar-refractivity contribution in [2.75, 3.05) is 20.2 Å². The van der Waals surface area contributed by atoms with Gasteiger partial charge in [0.25, 0.3) is 0 Å². The zero-order chi connectivity index (χ0) is 11.3. The summed E-state index contributed by atoms with van der Waals surface area (Å²) in [5.74, 6) is -0.548. The van der Waals surface area contributed by atoms with Crippen molar-refractivity contribution in [2.45, 2.75) is 6.10 Å². The number of aliphatic hydroxyl groups is 1. The van der Waals surface area contributed by atoms with Gasteiger partial charge in [0.2, 0.25) is 0 Å². The van der Waals surface area contributed by atoms with Crippen LogP contribution in [0.5, 0.6) is 5.75 Å². The van der Waals surface area contributed by atoms with Crippen LogP contribution in [-0.4, -0.2) is 31.4 Å². The predicted octanol–water partition coefficient (Wildman–Crippen LogP) is 1.44. The Morgan fingerprint density at radius 2 is 2.33 bits per heavy atom. The molecule has 0 bridgehead atoms. The highest BCUT2D eigenvalue weighted by molar-refractivity contribution is 6.30. The summed E-state index contributed by atoms with van der Waals surface area (Å²) in [4.78, 5) is 0. The van der Waals surface area contributed by atoms with Crippen LogP contribution in [0.3, 0.4) is 0 Å². The van der Waals surface area contributed by atoms with Crippen molar-refractivity contribution in [3.8, 4) is 5.75 Å². The van der Waals surface area contributed by atoms with E-state index < -0.39 is 11.9 Å². The van der Waals surface area contributed by atoms with Crippen LogP contribution in [0.1, 0.15) is 0 Å². The standard InChI is InChI=1S/C10H13ClFNO2/c1-13-5-7(14)6-15-9-4-2-3-8(11)10(9)12/h2-4,7,13-14H,5-6H2,1H3. The first-order chi connectivity index (χ1) is 7.15. The van der Waals surface area contributed by atoms with Crippen LogP contribution in [0.2, 0.25) is 5.02 Å². The van der Waals surface area contributed by atoms with Crippen LogP contribution < -0.4 is 10.1 Å². The van der Waals surface area contributed by atoms with Crippen molar-refractivity contribution in [2.24, 2.45) is 0 Å². The monoisotopic (exact) mass is 233 g/mol. The molecule has 0 aliphatic rings. The lowest BCUT2D eigenvalue weighted by Gasteiger charge is -2.12. The fourth-order valence-corrected chi connectivity index (χ4v) is 1.24. The van der Waals surface area contributed by atoms with Gasteiger partial charge >= 0.3 is 0 Å². The summed E-state index contributed by atoms with van der Waals surface area (Å²) in [6, 6.07) is 4.49.